The number of methoxy groups -OCH3 is 1. The SMILES string of the molecule is CCOC(=O)c1c(NC(=O)/C(C#N)=C/c2ccc(OCc3ccccc3C#N)c(OC)c2)sc2c1CCCC2. The number of nitriles is 2. The van der Waals surface area contributed by atoms with Crippen LogP contribution in [0.25, 0.3) is 6.08 Å². The second-order valence-electron chi connectivity index (χ2n) is 8.73. The first-order valence-electron chi connectivity index (χ1n) is 12.5. The molecule has 1 aliphatic rings. The molecule has 9 heteroatoms. The van der Waals surface area contributed by atoms with E-state index in [1.807, 2.05) is 18.2 Å². The van der Waals surface area contributed by atoms with Crippen LogP contribution < -0.4 is 14.8 Å². The molecule has 4 rings (SSSR count). The fraction of sp³-hybridized carbons (Fsp3) is 0.267. The van der Waals surface area contributed by atoms with Crippen molar-refractivity contribution in [2.24, 2.45) is 0 Å². The van der Waals surface area contributed by atoms with Crippen LogP contribution in [-0.2, 0) is 29.0 Å². The van der Waals surface area contributed by atoms with Gasteiger partial charge < -0.3 is 19.5 Å². The maximum absolute atomic E-state index is 13.1. The highest BCUT2D eigenvalue weighted by atomic mass is 32.1. The summed E-state index contributed by atoms with van der Waals surface area (Å²) in [5.74, 6) is -0.221. The average Bonchev–Trinajstić information content (AvgIpc) is 3.33. The summed E-state index contributed by atoms with van der Waals surface area (Å²) in [6.45, 7) is 2.14. The number of carbonyl (C=O) groups excluding carboxylic acids is 2. The quantitative estimate of drug-likeness (QED) is 0.206. The Morgan fingerprint density at radius 1 is 1.10 bits per heavy atom. The fourth-order valence-electron chi connectivity index (χ4n) is 4.36. The van der Waals surface area contributed by atoms with Crippen LogP contribution in [0.2, 0.25) is 0 Å². The van der Waals surface area contributed by atoms with Gasteiger partial charge in [-0.3, -0.25) is 4.79 Å². The molecule has 0 radical (unpaired) electrons. The van der Waals surface area contributed by atoms with Crippen LogP contribution in [0.5, 0.6) is 11.5 Å². The molecule has 3 aromatic rings. The van der Waals surface area contributed by atoms with Gasteiger partial charge in [0.05, 0.1) is 30.9 Å². The molecule has 0 fully saturated rings. The number of esters is 1. The summed E-state index contributed by atoms with van der Waals surface area (Å²) in [7, 11) is 1.49. The Morgan fingerprint density at radius 3 is 2.64 bits per heavy atom. The van der Waals surface area contributed by atoms with Gasteiger partial charge in [-0.1, -0.05) is 24.3 Å². The van der Waals surface area contributed by atoms with Crippen molar-refractivity contribution in [3.05, 3.63) is 80.7 Å². The van der Waals surface area contributed by atoms with E-state index in [9.17, 15) is 20.1 Å². The Labute approximate surface area is 231 Å². The number of amides is 1. The number of benzene rings is 2. The molecule has 0 bridgehead atoms. The van der Waals surface area contributed by atoms with Gasteiger partial charge in [-0.2, -0.15) is 10.5 Å². The lowest BCUT2D eigenvalue weighted by Crippen LogP contribution is -2.16. The van der Waals surface area contributed by atoms with Gasteiger partial charge in [-0.15, -0.1) is 11.3 Å². The Bertz CT molecular complexity index is 1510. The van der Waals surface area contributed by atoms with E-state index in [1.165, 1.54) is 24.5 Å². The number of thiophene rings is 1. The number of ether oxygens (including phenoxy) is 3. The van der Waals surface area contributed by atoms with Crippen molar-refractivity contribution in [1.29, 1.82) is 10.5 Å². The van der Waals surface area contributed by atoms with Crippen LogP contribution in [0.4, 0.5) is 5.00 Å². The molecule has 0 saturated carbocycles. The first kappa shape index (κ1) is 27.4. The molecule has 198 valence electrons. The number of rotatable bonds is 9. The highest BCUT2D eigenvalue weighted by Gasteiger charge is 2.27. The minimum atomic E-state index is -0.617. The molecule has 1 aromatic heterocycles. The summed E-state index contributed by atoms with van der Waals surface area (Å²) >= 11 is 1.37. The fourth-order valence-corrected chi connectivity index (χ4v) is 5.64. The molecule has 0 atom stereocenters. The lowest BCUT2D eigenvalue weighted by atomic mass is 9.95. The molecule has 8 nitrogen and oxygen atoms in total. The topological polar surface area (TPSA) is 121 Å². The van der Waals surface area contributed by atoms with Crippen molar-refractivity contribution in [2.45, 2.75) is 39.2 Å². The number of nitrogens with zero attached hydrogens (tertiary/aromatic N) is 2. The van der Waals surface area contributed by atoms with E-state index in [-0.39, 0.29) is 18.8 Å². The molecule has 0 spiro atoms. The summed E-state index contributed by atoms with van der Waals surface area (Å²) in [6, 6.07) is 16.3. The predicted molar refractivity (Wildman–Crippen MR) is 148 cm³/mol. The highest BCUT2D eigenvalue weighted by Crippen LogP contribution is 2.39. The van der Waals surface area contributed by atoms with Gasteiger partial charge in [0.15, 0.2) is 11.5 Å². The van der Waals surface area contributed by atoms with E-state index in [0.29, 0.717) is 33.2 Å². The normalized spacial score (nSPS) is 12.5. The average molecular weight is 542 g/mol. The van der Waals surface area contributed by atoms with Crippen molar-refractivity contribution in [3.8, 4) is 23.6 Å². The third-order valence-electron chi connectivity index (χ3n) is 6.26. The summed E-state index contributed by atoms with van der Waals surface area (Å²) < 4.78 is 16.6. The van der Waals surface area contributed by atoms with Crippen molar-refractivity contribution >= 4 is 34.3 Å². The zero-order chi connectivity index (χ0) is 27.8. The van der Waals surface area contributed by atoms with Crippen LogP contribution in [0.15, 0.2) is 48.0 Å². The number of aryl methyl sites for hydroxylation is 1. The summed E-state index contributed by atoms with van der Waals surface area (Å²) in [6.07, 6.45) is 5.05. The number of nitrogens with one attached hydrogen (secondary N) is 1. The first-order valence-corrected chi connectivity index (χ1v) is 13.3. The minimum absolute atomic E-state index is 0.130. The standard InChI is InChI=1S/C30H27N3O5S/c1-3-37-30(35)27-23-10-6-7-11-26(23)39-29(27)33-28(34)22(17-32)14-19-12-13-24(25(15-19)36-2)38-18-21-9-5-4-8-20(21)16-31/h4-5,8-9,12-15H,3,6-7,10-11,18H2,1-2H3,(H,33,34)/b22-14+. The molecule has 39 heavy (non-hydrogen) atoms. The Balaban J connectivity index is 1.55. The molecule has 0 saturated heterocycles. The molecule has 1 amide bonds. The summed E-state index contributed by atoms with van der Waals surface area (Å²) in [5.41, 5.74) is 3.02. The molecule has 1 heterocycles. The Kier molecular flexibility index (Phi) is 8.98. The summed E-state index contributed by atoms with van der Waals surface area (Å²) in [4.78, 5) is 26.9. The van der Waals surface area contributed by atoms with Gasteiger partial charge in [0.1, 0.15) is 23.3 Å². The van der Waals surface area contributed by atoms with Gasteiger partial charge in [-0.25, -0.2) is 4.79 Å². The molecular weight excluding hydrogens is 514 g/mol. The van der Waals surface area contributed by atoms with E-state index >= 15 is 0 Å². The van der Waals surface area contributed by atoms with Gasteiger partial charge in [-0.05, 0) is 68.0 Å². The minimum Gasteiger partial charge on any atom is -0.493 e. The Hall–Kier alpha value is -4.60. The smallest absolute Gasteiger partial charge is 0.341 e. The van der Waals surface area contributed by atoms with E-state index < -0.39 is 11.9 Å². The second kappa shape index (κ2) is 12.8. The largest absolute Gasteiger partial charge is 0.493 e. The monoisotopic (exact) mass is 541 g/mol. The van der Waals surface area contributed by atoms with Crippen LogP contribution in [0.1, 0.15) is 57.3 Å². The van der Waals surface area contributed by atoms with E-state index in [1.54, 1.807) is 37.3 Å². The Morgan fingerprint density at radius 2 is 1.90 bits per heavy atom. The maximum atomic E-state index is 13.1. The lowest BCUT2D eigenvalue weighted by Gasteiger charge is -2.12. The summed E-state index contributed by atoms with van der Waals surface area (Å²) in [5, 5.41) is 22.2. The van der Waals surface area contributed by atoms with Gasteiger partial charge in [0.2, 0.25) is 0 Å². The molecule has 1 aliphatic carbocycles. The molecule has 0 unspecified atom stereocenters. The van der Waals surface area contributed by atoms with Gasteiger partial charge in [0.25, 0.3) is 5.91 Å². The maximum Gasteiger partial charge on any atom is 0.341 e. The molecular formula is C30H27N3O5S. The molecule has 2 aromatic carbocycles. The predicted octanol–water partition coefficient (Wildman–Crippen LogP) is 5.81. The number of anilines is 1. The highest BCUT2D eigenvalue weighted by molar-refractivity contribution is 7.17. The van der Waals surface area contributed by atoms with Crippen molar-refractivity contribution in [2.75, 3.05) is 19.0 Å². The molecule has 1 N–H and O–H groups in total. The zero-order valence-electron chi connectivity index (χ0n) is 21.7. The third kappa shape index (κ3) is 6.28. The number of hydrogen-bond acceptors (Lipinski definition) is 8. The van der Waals surface area contributed by atoms with E-state index in [2.05, 4.69) is 11.4 Å². The number of fused-ring (bicyclic) bond motifs is 1. The van der Waals surface area contributed by atoms with Gasteiger partial charge in [0, 0.05) is 10.4 Å². The third-order valence-corrected chi connectivity index (χ3v) is 7.47. The van der Waals surface area contributed by atoms with E-state index in [4.69, 9.17) is 14.2 Å². The van der Waals surface area contributed by atoms with Crippen molar-refractivity contribution in [1.82, 2.24) is 0 Å². The lowest BCUT2D eigenvalue weighted by molar-refractivity contribution is -0.112. The first-order chi connectivity index (χ1) is 19.0. The van der Waals surface area contributed by atoms with E-state index in [0.717, 1.165) is 41.7 Å². The van der Waals surface area contributed by atoms with Crippen LogP contribution in [0.3, 0.4) is 0 Å². The zero-order valence-corrected chi connectivity index (χ0v) is 22.5. The number of carbonyl (C=O) groups is 2. The van der Waals surface area contributed by atoms with Crippen LogP contribution >= 0.6 is 11.3 Å². The van der Waals surface area contributed by atoms with Crippen molar-refractivity contribution < 1.29 is 23.8 Å². The molecule has 0 aliphatic heterocycles. The van der Waals surface area contributed by atoms with Crippen LogP contribution in [0, 0.1) is 22.7 Å². The van der Waals surface area contributed by atoms with Crippen molar-refractivity contribution in [3.63, 3.8) is 0 Å². The van der Waals surface area contributed by atoms with Crippen LogP contribution in [-0.4, -0.2) is 25.6 Å². The van der Waals surface area contributed by atoms with Gasteiger partial charge >= 0.3 is 5.97 Å². The number of hydrogen-bond donors (Lipinski definition) is 1. The second-order valence-corrected chi connectivity index (χ2v) is 9.83.